The molecule has 0 bridgehead atoms. The van der Waals surface area contributed by atoms with Crippen LogP contribution in [0.15, 0.2) is 12.2 Å². The van der Waals surface area contributed by atoms with Crippen LogP contribution < -0.4 is 0 Å². The maximum absolute atomic E-state index is 10.1. The van der Waals surface area contributed by atoms with E-state index >= 15 is 0 Å². The summed E-state index contributed by atoms with van der Waals surface area (Å²) in [5.41, 5.74) is 0.500. The zero-order valence-electron chi connectivity index (χ0n) is 11.2. The van der Waals surface area contributed by atoms with Crippen molar-refractivity contribution in [3.05, 3.63) is 12.2 Å². The van der Waals surface area contributed by atoms with Crippen LogP contribution >= 0.6 is 0 Å². The van der Waals surface area contributed by atoms with Crippen molar-refractivity contribution in [2.24, 2.45) is 0 Å². The summed E-state index contributed by atoms with van der Waals surface area (Å²) < 4.78 is 10.3. The lowest BCUT2D eigenvalue weighted by Crippen LogP contribution is -2.38. The van der Waals surface area contributed by atoms with Crippen LogP contribution in [0.2, 0.25) is 0 Å². The molecule has 3 nitrogen and oxygen atoms in total. The van der Waals surface area contributed by atoms with Crippen LogP contribution in [0.4, 0.5) is 0 Å². The van der Waals surface area contributed by atoms with Gasteiger partial charge >= 0.3 is 0 Å². The Morgan fingerprint density at radius 1 is 1.24 bits per heavy atom. The molecule has 1 rings (SSSR count). The molecular weight excluding hydrogens is 216 g/mol. The number of rotatable bonds is 9. The van der Waals surface area contributed by atoms with Gasteiger partial charge in [0.05, 0.1) is 5.60 Å². The van der Waals surface area contributed by atoms with E-state index in [1.807, 2.05) is 0 Å². The van der Waals surface area contributed by atoms with Gasteiger partial charge < -0.3 is 14.6 Å². The van der Waals surface area contributed by atoms with Crippen LogP contribution in [0.1, 0.15) is 51.4 Å². The Morgan fingerprint density at radius 3 is 2.35 bits per heavy atom. The lowest BCUT2D eigenvalue weighted by atomic mass is 9.74. The van der Waals surface area contributed by atoms with Crippen LogP contribution in [-0.2, 0) is 9.47 Å². The molecule has 0 amide bonds. The third-order valence-corrected chi connectivity index (χ3v) is 3.78. The molecule has 17 heavy (non-hydrogen) atoms. The average Bonchev–Trinajstić information content (AvgIpc) is 2.30. The van der Waals surface area contributed by atoms with Gasteiger partial charge in [-0.1, -0.05) is 13.0 Å². The number of aliphatic hydroxyl groups is 1. The molecule has 1 aliphatic carbocycles. The van der Waals surface area contributed by atoms with Gasteiger partial charge in [0.2, 0.25) is 0 Å². The molecule has 0 radical (unpaired) electrons. The molecule has 100 valence electrons. The predicted molar refractivity (Wildman–Crippen MR) is 68.8 cm³/mol. The first kappa shape index (κ1) is 14.7. The van der Waals surface area contributed by atoms with E-state index in [4.69, 9.17) is 9.47 Å². The second-order valence-corrected chi connectivity index (χ2v) is 4.99. The normalized spacial score (nSPS) is 18.1. The molecule has 3 heteroatoms. The number of methoxy groups -OCH3 is 2. The highest BCUT2D eigenvalue weighted by atomic mass is 16.7. The van der Waals surface area contributed by atoms with Gasteiger partial charge in [0, 0.05) is 14.2 Å². The minimum absolute atomic E-state index is 0.0750. The van der Waals surface area contributed by atoms with Gasteiger partial charge in [-0.15, -0.1) is 0 Å². The second kappa shape index (κ2) is 7.14. The summed E-state index contributed by atoms with van der Waals surface area (Å²) in [5.74, 6) is 0. The van der Waals surface area contributed by atoms with Crippen molar-refractivity contribution in [3.8, 4) is 0 Å². The Balaban J connectivity index is 2.02. The second-order valence-electron chi connectivity index (χ2n) is 4.99. The lowest BCUT2D eigenvalue weighted by molar-refractivity contribution is -0.107. The van der Waals surface area contributed by atoms with Crippen molar-refractivity contribution in [1.82, 2.24) is 0 Å². The first-order valence-electron chi connectivity index (χ1n) is 6.58. The van der Waals surface area contributed by atoms with Gasteiger partial charge in [-0.25, -0.2) is 0 Å². The summed E-state index contributed by atoms with van der Waals surface area (Å²) >= 11 is 0. The highest BCUT2D eigenvalue weighted by molar-refractivity contribution is 5.16. The average molecular weight is 242 g/mol. The first-order chi connectivity index (χ1) is 8.12. The lowest BCUT2D eigenvalue weighted by Gasteiger charge is -2.38. The van der Waals surface area contributed by atoms with E-state index in [-0.39, 0.29) is 6.29 Å². The molecule has 1 saturated carbocycles. The molecule has 1 N–H and O–H groups in total. The largest absolute Gasteiger partial charge is 0.386 e. The number of hydrogen-bond donors (Lipinski definition) is 1. The van der Waals surface area contributed by atoms with E-state index in [1.54, 1.807) is 14.2 Å². The van der Waals surface area contributed by atoms with Crippen molar-refractivity contribution in [3.63, 3.8) is 0 Å². The molecule has 0 aliphatic heterocycles. The third kappa shape index (κ3) is 4.41. The number of hydrogen-bond acceptors (Lipinski definition) is 3. The summed E-state index contributed by atoms with van der Waals surface area (Å²) in [7, 11) is 3.34. The maximum Gasteiger partial charge on any atom is 0.156 e. The summed E-state index contributed by atoms with van der Waals surface area (Å²) in [6.07, 6.45) is 8.08. The molecule has 0 unspecified atom stereocenters. The molecule has 0 saturated heterocycles. The Labute approximate surface area is 105 Å². The first-order valence-corrected chi connectivity index (χ1v) is 6.58. The van der Waals surface area contributed by atoms with Gasteiger partial charge in [-0.3, -0.25) is 0 Å². The fraction of sp³-hybridized carbons (Fsp3) is 0.857. The molecule has 0 heterocycles. The van der Waals surface area contributed by atoms with Crippen LogP contribution in [0.25, 0.3) is 0 Å². The Morgan fingerprint density at radius 2 is 1.88 bits per heavy atom. The SMILES string of the molecule is C=C(CCCCCC(OC)OC)C1(O)CCC1. The zero-order valence-corrected chi connectivity index (χ0v) is 11.2. The van der Waals surface area contributed by atoms with Crippen LogP contribution in [0.5, 0.6) is 0 Å². The van der Waals surface area contributed by atoms with Gasteiger partial charge in [0.1, 0.15) is 0 Å². The van der Waals surface area contributed by atoms with Crippen molar-refractivity contribution in [2.45, 2.75) is 63.3 Å². The Bertz CT molecular complexity index is 230. The minimum Gasteiger partial charge on any atom is -0.386 e. The monoisotopic (exact) mass is 242 g/mol. The van der Waals surface area contributed by atoms with Crippen LogP contribution in [0.3, 0.4) is 0 Å². The van der Waals surface area contributed by atoms with E-state index in [2.05, 4.69) is 6.58 Å². The van der Waals surface area contributed by atoms with E-state index < -0.39 is 5.60 Å². The van der Waals surface area contributed by atoms with E-state index in [1.165, 1.54) is 0 Å². The number of ether oxygens (including phenoxy) is 2. The van der Waals surface area contributed by atoms with Crippen molar-refractivity contribution >= 4 is 0 Å². The smallest absolute Gasteiger partial charge is 0.156 e. The maximum atomic E-state index is 10.1. The Hall–Kier alpha value is -0.380. The molecule has 0 aromatic rings. The van der Waals surface area contributed by atoms with E-state index in [0.717, 1.165) is 56.9 Å². The van der Waals surface area contributed by atoms with Crippen molar-refractivity contribution in [1.29, 1.82) is 0 Å². The van der Waals surface area contributed by atoms with E-state index in [9.17, 15) is 5.11 Å². The predicted octanol–water partition coefficient (Wildman–Crippen LogP) is 3.03. The highest BCUT2D eigenvalue weighted by Crippen LogP contribution is 2.39. The Kier molecular flexibility index (Phi) is 6.17. The third-order valence-electron chi connectivity index (χ3n) is 3.78. The molecule has 1 aliphatic rings. The van der Waals surface area contributed by atoms with Crippen molar-refractivity contribution in [2.75, 3.05) is 14.2 Å². The summed E-state index contributed by atoms with van der Waals surface area (Å²) in [4.78, 5) is 0. The van der Waals surface area contributed by atoms with Crippen LogP contribution in [0, 0.1) is 0 Å². The molecule has 0 aromatic heterocycles. The standard InChI is InChI=1S/C14H26O3/c1-12(14(15)10-7-11-14)8-5-4-6-9-13(16-2)17-3/h13,15H,1,4-11H2,2-3H3. The molecule has 0 spiro atoms. The van der Waals surface area contributed by atoms with Crippen molar-refractivity contribution < 1.29 is 14.6 Å². The topological polar surface area (TPSA) is 38.7 Å². The zero-order chi connectivity index (χ0) is 12.7. The fourth-order valence-corrected chi connectivity index (χ4v) is 2.26. The number of unbranched alkanes of at least 4 members (excludes halogenated alkanes) is 2. The molecular formula is C14H26O3. The van der Waals surface area contributed by atoms with Crippen LogP contribution in [-0.4, -0.2) is 31.2 Å². The van der Waals surface area contributed by atoms with Gasteiger partial charge in [0.25, 0.3) is 0 Å². The van der Waals surface area contributed by atoms with Gasteiger partial charge in [-0.2, -0.15) is 0 Å². The summed E-state index contributed by atoms with van der Waals surface area (Å²) in [6.45, 7) is 4.01. The molecule has 0 atom stereocenters. The quantitative estimate of drug-likeness (QED) is 0.384. The summed E-state index contributed by atoms with van der Waals surface area (Å²) in [5, 5.41) is 10.1. The van der Waals surface area contributed by atoms with Gasteiger partial charge in [0.15, 0.2) is 6.29 Å². The van der Waals surface area contributed by atoms with E-state index in [0.29, 0.717) is 0 Å². The van der Waals surface area contributed by atoms with Gasteiger partial charge in [-0.05, 0) is 50.5 Å². The highest BCUT2D eigenvalue weighted by Gasteiger charge is 2.36. The summed E-state index contributed by atoms with van der Waals surface area (Å²) in [6, 6.07) is 0. The molecule has 0 aromatic carbocycles. The molecule has 1 fully saturated rings. The fourth-order valence-electron chi connectivity index (χ4n) is 2.26. The minimum atomic E-state index is -0.526.